The largest absolute Gasteiger partial charge is 0.508 e. The Labute approximate surface area is 136 Å². The van der Waals surface area contributed by atoms with E-state index in [1.165, 1.54) is 24.5 Å². The van der Waals surface area contributed by atoms with Crippen LogP contribution in [0.4, 0.5) is 0 Å². The van der Waals surface area contributed by atoms with Crippen molar-refractivity contribution < 1.29 is 23.1 Å². The number of benzene rings is 1. The van der Waals surface area contributed by atoms with Crippen LogP contribution >= 0.6 is 0 Å². The number of carbonyl (C=O) groups excluding carboxylic acids is 1. The second-order valence-corrected chi connectivity index (χ2v) is 8.07. The van der Waals surface area contributed by atoms with Crippen LogP contribution in [0.3, 0.4) is 0 Å². The van der Waals surface area contributed by atoms with Crippen molar-refractivity contribution >= 4 is 15.9 Å². The minimum atomic E-state index is -3.35. The van der Waals surface area contributed by atoms with E-state index in [0.29, 0.717) is 18.8 Å². The molecule has 8 heteroatoms. The average Bonchev–Trinajstić information content (AvgIpc) is 2.87. The number of hydrogen-bond donors (Lipinski definition) is 2. The van der Waals surface area contributed by atoms with Crippen LogP contribution < -0.4 is 5.32 Å². The Morgan fingerprint density at radius 2 is 2.04 bits per heavy atom. The molecular formula is C15H22N2O5S. The zero-order chi connectivity index (χ0) is 17.0. The maximum Gasteiger partial charge on any atom is 0.224 e. The summed E-state index contributed by atoms with van der Waals surface area (Å²) in [4.78, 5) is 12.1. The predicted molar refractivity (Wildman–Crippen MR) is 85.5 cm³/mol. The van der Waals surface area contributed by atoms with Crippen LogP contribution in [0.25, 0.3) is 0 Å². The lowest BCUT2D eigenvalue weighted by atomic mass is 10.1. The minimum absolute atomic E-state index is 0.0380. The van der Waals surface area contributed by atoms with Crippen molar-refractivity contribution in [3.05, 3.63) is 29.8 Å². The number of phenolic OH excluding ortho intramolecular Hbond substituents is 1. The molecule has 2 rings (SSSR count). The van der Waals surface area contributed by atoms with Crippen molar-refractivity contribution in [2.75, 3.05) is 33.1 Å². The molecule has 1 aromatic carbocycles. The number of hydrogen-bond acceptors (Lipinski definition) is 5. The Bertz CT molecular complexity index is 660. The first-order chi connectivity index (χ1) is 10.8. The molecule has 0 radical (unpaired) electrons. The highest BCUT2D eigenvalue weighted by atomic mass is 32.2. The fraction of sp³-hybridized carbons (Fsp3) is 0.533. The second-order valence-electron chi connectivity index (χ2n) is 5.84. The summed E-state index contributed by atoms with van der Waals surface area (Å²) in [5, 5.41) is 12.5. The van der Waals surface area contributed by atoms with Gasteiger partial charge in [-0.2, -0.15) is 0 Å². The first-order valence-electron chi connectivity index (χ1n) is 7.34. The summed E-state index contributed by atoms with van der Waals surface area (Å²) in [7, 11) is -0.388. The number of rotatable bonds is 6. The summed E-state index contributed by atoms with van der Waals surface area (Å²) in [6, 6.07) is 6.28. The molecule has 1 saturated heterocycles. The van der Waals surface area contributed by atoms with Gasteiger partial charge in [-0.15, -0.1) is 0 Å². The highest BCUT2D eigenvalue weighted by Crippen LogP contribution is 2.19. The fourth-order valence-electron chi connectivity index (χ4n) is 2.43. The van der Waals surface area contributed by atoms with E-state index in [9.17, 15) is 18.3 Å². The molecule has 1 fully saturated rings. The van der Waals surface area contributed by atoms with Gasteiger partial charge in [-0.25, -0.2) is 12.7 Å². The lowest BCUT2D eigenvalue weighted by molar-refractivity contribution is -0.121. The Balaban J connectivity index is 1.96. The second kappa shape index (κ2) is 7.29. The van der Waals surface area contributed by atoms with E-state index < -0.39 is 10.0 Å². The molecule has 0 bridgehead atoms. The molecule has 0 saturated carbocycles. The summed E-state index contributed by atoms with van der Waals surface area (Å²) < 4.78 is 30.5. The third kappa shape index (κ3) is 4.66. The summed E-state index contributed by atoms with van der Waals surface area (Å²) in [5.41, 5.74) is 0.529. The number of nitrogens with zero attached hydrogens (tertiary/aromatic N) is 1. The van der Waals surface area contributed by atoms with Gasteiger partial charge in [0.2, 0.25) is 15.9 Å². The smallest absolute Gasteiger partial charge is 0.224 e. The van der Waals surface area contributed by atoms with E-state index in [4.69, 9.17) is 4.74 Å². The molecule has 128 valence electrons. The van der Waals surface area contributed by atoms with Crippen molar-refractivity contribution in [3.63, 3.8) is 0 Å². The predicted octanol–water partition coefficient (Wildman–Crippen LogP) is -0.0427. The summed E-state index contributed by atoms with van der Waals surface area (Å²) in [5.74, 6) is -0.552. The van der Waals surface area contributed by atoms with Crippen LogP contribution in [-0.4, -0.2) is 62.8 Å². The topological polar surface area (TPSA) is 95.9 Å². The summed E-state index contributed by atoms with van der Waals surface area (Å²) in [6.45, 7) is 0.592. The van der Waals surface area contributed by atoms with Crippen LogP contribution in [0.2, 0.25) is 0 Å². The lowest BCUT2D eigenvalue weighted by Gasteiger charge is -2.21. The van der Waals surface area contributed by atoms with Gasteiger partial charge >= 0.3 is 0 Å². The molecule has 7 nitrogen and oxygen atoms in total. The van der Waals surface area contributed by atoms with Gasteiger partial charge in [0.25, 0.3) is 0 Å². The van der Waals surface area contributed by atoms with Gasteiger partial charge < -0.3 is 15.2 Å². The monoisotopic (exact) mass is 342 g/mol. The molecule has 1 aliphatic heterocycles. The Kier molecular flexibility index (Phi) is 5.61. The van der Waals surface area contributed by atoms with Gasteiger partial charge in [0.05, 0.1) is 31.4 Å². The van der Waals surface area contributed by atoms with Crippen molar-refractivity contribution in [2.45, 2.75) is 12.5 Å². The first-order valence-corrected chi connectivity index (χ1v) is 8.94. The molecule has 0 spiro atoms. The molecule has 1 amide bonds. The molecule has 2 N–H and O–H groups in total. The number of carbonyl (C=O) groups is 1. The highest BCUT2D eigenvalue weighted by molar-refractivity contribution is 7.89. The van der Waals surface area contributed by atoms with Crippen LogP contribution in [0.5, 0.6) is 5.75 Å². The normalized spacial score (nSPS) is 21.5. The van der Waals surface area contributed by atoms with Gasteiger partial charge in [0.1, 0.15) is 5.75 Å². The van der Waals surface area contributed by atoms with Gasteiger partial charge in [-0.05, 0) is 6.07 Å². The van der Waals surface area contributed by atoms with E-state index in [1.54, 1.807) is 18.2 Å². The SMILES string of the molecule is CN(C)S(=O)(=O)C[C@@H]1COC[C@H]1NC(=O)Cc1ccccc1O. The zero-order valence-corrected chi connectivity index (χ0v) is 14.0. The molecule has 1 aromatic rings. The van der Waals surface area contributed by atoms with Crippen LogP contribution in [0.15, 0.2) is 24.3 Å². The molecular weight excluding hydrogens is 320 g/mol. The molecule has 2 atom stereocenters. The van der Waals surface area contributed by atoms with E-state index in [-0.39, 0.29) is 35.8 Å². The van der Waals surface area contributed by atoms with Crippen molar-refractivity contribution in [1.29, 1.82) is 0 Å². The van der Waals surface area contributed by atoms with Gasteiger partial charge in [-0.3, -0.25) is 4.79 Å². The third-order valence-corrected chi connectivity index (χ3v) is 5.83. The van der Waals surface area contributed by atoms with Gasteiger partial charge in [0, 0.05) is 25.6 Å². The molecule has 0 unspecified atom stereocenters. The Hall–Kier alpha value is -1.64. The van der Waals surface area contributed by atoms with Gasteiger partial charge in [0.15, 0.2) is 0 Å². The standard InChI is InChI=1S/C15H22N2O5S/c1-17(2)23(20,21)10-12-8-22-9-13(12)16-15(19)7-11-5-3-4-6-14(11)18/h3-6,12-13,18H,7-10H2,1-2H3,(H,16,19)/t12-,13+/m0/s1. The Morgan fingerprint density at radius 1 is 1.35 bits per heavy atom. The van der Waals surface area contributed by atoms with Gasteiger partial charge in [-0.1, -0.05) is 18.2 Å². The Morgan fingerprint density at radius 3 is 2.70 bits per heavy atom. The maximum absolute atomic E-state index is 12.1. The van der Waals surface area contributed by atoms with Crippen molar-refractivity contribution in [2.24, 2.45) is 5.92 Å². The van der Waals surface area contributed by atoms with Crippen LogP contribution in [0.1, 0.15) is 5.56 Å². The number of aromatic hydroxyl groups is 1. The van der Waals surface area contributed by atoms with Crippen molar-refractivity contribution in [1.82, 2.24) is 9.62 Å². The van der Waals surface area contributed by atoms with Crippen LogP contribution in [0, 0.1) is 5.92 Å². The highest BCUT2D eigenvalue weighted by Gasteiger charge is 2.34. The maximum atomic E-state index is 12.1. The first kappa shape index (κ1) is 17.7. The van der Waals surface area contributed by atoms with Crippen LogP contribution in [-0.2, 0) is 26.0 Å². The average molecular weight is 342 g/mol. The molecule has 0 aromatic heterocycles. The van der Waals surface area contributed by atoms with E-state index in [2.05, 4.69) is 5.32 Å². The third-order valence-electron chi connectivity index (χ3n) is 3.87. The molecule has 1 heterocycles. The molecule has 23 heavy (non-hydrogen) atoms. The molecule has 0 aliphatic carbocycles. The number of ether oxygens (including phenoxy) is 1. The minimum Gasteiger partial charge on any atom is -0.508 e. The van der Waals surface area contributed by atoms with Crippen molar-refractivity contribution in [3.8, 4) is 5.75 Å². The van der Waals surface area contributed by atoms with E-state index in [1.807, 2.05) is 0 Å². The molecule has 1 aliphatic rings. The number of para-hydroxylation sites is 1. The van der Waals surface area contributed by atoms with E-state index in [0.717, 1.165) is 0 Å². The summed E-state index contributed by atoms with van der Waals surface area (Å²) in [6.07, 6.45) is 0.0380. The number of sulfonamides is 1. The zero-order valence-electron chi connectivity index (χ0n) is 13.2. The number of amides is 1. The lowest BCUT2D eigenvalue weighted by Crippen LogP contribution is -2.44. The number of phenols is 1. The summed E-state index contributed by atoms with van der Waals surface area (Å²) >= 11 is 0. The van der Waals surface area contributed by atoms with E-state index >= 15 is 0 Å². The number of nitrogens with one attached hydrogen (secondary N) is 1. The quantitative estimate of drug-likeness (QED) is 0.756. The fourth-order valence-corrected chi connectivity index (χ4v) is 3.60.